The summed E-state index contributed by atoms with van der Waals surface area (Å²) in [5, 5.41) is 3.08. The Morgan fingerprint density at radius 2 is 2.22 bits per heavy atom. The lowest BCUT2D eigenvalue weighted by Crippen LogP contribution is -2.41. The van der Waals surface area contributed by atoms with Gasteiger partial charge in [-0.05, 0) is 5.41 Å². The maximum absolute atomic E-state index is 10.8. The standard InChI is InChI=1S/C7H13NO/c1-7(2)3-6(9)4-8-5-7/h8H,3-5H2,1-2H3. The van der Waals surface area contributed by atoms with Crippen LogP contribution in [0.25, 0.3) is 0 Å². The van der Waals surface area contributed by atoms with Gasteiger partial charge in [-0.25, -0.2) is 0 Å². The first-order valence-electron chi connectivity index (χ1n) is 3.33. The molecule has 0 unspecified atom stereocenters. The van der Waals surface area contributed by atoms with Gasteiger partial charge in [0.05, 0.1) is 6.54 Å². The predicted octanol–water partition coefficient (Wildman–Crippen LogP) is 0.575. The summed E-state index contributed by atoms with van der Waals surface area (Å²) >= 11 is 0. The second-order valence-electron chi connectivity index (χ2n) is 3.48. The van der Waals surface area contributed by atoms with Gasteiger partial charge in [0.2, 0.25) is 0 Å². The number of hydrogen-bond acceptors (Lipinski definition) is 2. The Morgan fingerprint density at radius 3 is 2.56 bits per heavy atom. The van der Waals surface area contributed by atoms with Gasteiger partial charge in [-0.2, -0.15) is 0 Å². The van der Waals surface area contributed by atoms with E-state index in [9.17, 15) is 4.79 Å². The highest BCUT2D eigenvalue weighted by Crippen LogP contribution is 2.21. The van der Waals surface area contributed by atoms with Crippen LogP contribution in [0.1, 0.15) is 20.3 Å². The van der Waals surface area contributed by atoms with Gasteiger partial charge in [0.15, 0.2) is 0 Å². The molecular weight excluding hydrogens is 114 g/mol. The van der Waals surface area contributed by atoms with Gasteiger partial charge in [-0.1, -0.05) is 13.8 Å². The summed E-state index contributed by atoms with van der Waals surface area (Å²) in [5.41, 5.74) is 0.190. The number of ketones is 1. The van der Waals surface area contributed by atoms with E-state index in [2.05, 4.69) is 19.2 Å². The van der Waals surface area contributed by atoms with Crippen molar-refractivity contribution in [1.82, 2.24) is 5.32 Å². The van der Waals surface area contributed by atoms with Crippen LogP contribution in [-0.4, -0.2) is 18.9 Å². The lowest BCUT2D eigenvalue weighted by Gasteiger charge is -2.28. The molecule has 0 aromatic heterocycles. The molecule has 52 valence electrons. The highest BCUT2D eigenvalue weighted by molar-refractivity contribution is 5.81. The molecule has 1 fully saturated rings. The van der Waals surface area contributed by atoms with Crippen molar-refractivity contribution in [2.75, 3.05) is 13.1 Å². The molecule has 1 aliphatic heterocycles. The van der Waals surface area contributed by atoms with Crippen LogP contribution in [0.15, 0.2) is 0 Å². The second-order valence-corrected chi connectivity index (χ2v) is 3.48. The van der Waals surface area contributed by atoms with Crippen molar-refractivity contribution in [2.24, 2.45) is 5.41 Å². The van der Waals surface area contributed by atoms with E-state index in [1.165, 1.54) is 0 Å². The maximum atomic E-state index is 10.8. The molecule has 0 aliphatic carbocycles. The van der Waals surface area contributed by atoms with Crippen molar-refractivity contribution in [2.45, 2.75) is 20.3 Å². The molecule has 0 saturated carbocycles. The van der Waals surface area contributed by atoms with Crippen molar-refractivity contribution >= 4 is 5.78 Å². The average molecular weight is 127 g/mol. The Kier molecular flexibility index (Phi) is 1.58. The first-order valence-corrected chi connectivity index (χ1v) is 3.33. The van der Waals surface area contributed by atoms with E-state index in [0.29, 0.717) is 12.3 Å². The van der Waals surface area contributed by atoms with Crippen LogP contribution in [0.3, 0.4) is 0 Å². The molecule has 0 bridgehead atoms. The van der Waals surface area contributed by atoms with E-state index in [1.807, 2.05) is 0 Å². The fourth-order valence-electron chi connectivity index (χ4n) is 1.20. The Labute approximate surface area is 55.6 Å². The van der Waals surface area contributed by atoms with Gasteiger partial charge in [0.25, 0.3) is 0 Å². The fourth-order valence-corrected chi connectivity index (χ4v) is 1.20. The maximum Gasteiger partial charge on any atom is 0.147 e. The molecule has 0 radical (unpaired) electrons. The molecule has 9 heavy (non-hydrogen) atoms. The van der Waals surface area contributed by atoms with Crippen LogP contribution in [0.5, 0.6) is 0 Å². The van der Waals surface area contributed by atoms with Crippen molar-refractivity contribution < 1.29 is 4.79 Å². The molecule has 0 amide bonds. The zero-order valence-corrected chi connectivity index (χ0v) is 6.03. The molecule has 1 N–H and O–H groups in total. The molecule has 2 heteroatoms. The summed E-state index contributed by atoms with van der Waals surface area (Å²) in [4.78, 5) is 10.8. The number of hydrogen-bond donors (Lipinski definition) is 1. The number of piperidine rings is 1. The van der Waals surface area contributed by atoms with Gasteiger partial charge in [-0.15, -0.1) is 0 Å². The van der Waals surface area contributed by atoms with E-state index >= 15 is 0 Å². The first-order chi connectivity index (χ1) is 4.10. The number of carbonyl (C=O) groups excluding carboxylic acids is 1. The normalized spacial score (nSPS) is 26.2. The lowest BCUT2D eigenvalue weighted by atomic mass is 9.85. The second kappa shape index (κ2) is 2.10. The molecule has 1 heterocycles. The Hall–Kier alpha value is -0.370. The Balaban J connectivity index is 2.51. The minimum absolute atomic E-state index is 0.190. The zero-order chi connectivity index (χ0) is 6.91. The van der Waals surface area contributed by atoms with Crippen LogP contribution in [-0.2, 0) is 4.79 Å². The highest BCUT2D eigenvalue weighted by atomic mass is 16.1. The summed E-state index contributed by atoms with van der Waals surface area (Å²) in [6, 6.07) is 0. The summed E-state index contributed by atoms with van der Waals surface area (Å²) in [6.07, 6.45) is 0.736. The van der Waals surface area contributed by atoms with Gasteiger partial charge in [0.1, 0.15) is 5.78 Å². The SMILES string of the molecule is CC1(C)CNCC(=O)C1. The third-order valence-electron chi connectivity index (χ3n) is 1.60. The molecular formula is C7H13NO. The lowest BCUT2D eigenvalue weighted by molar-refractivity contribution is -0.121. The number of nitrogens with one attached hydrogen (secondary N) is 1. The van der Waals surface area contributed by atoms with Gasteiger partial charge < -0.3 is 5.32 Å². The monoisotopic (exact) mass is 127 g/mol. The van der Waals surface area contributed by atoms with Crippen LogP contribution in [0.4, 0.5) is 0 Å². The van der Waals surface area contributed by atoms with Crippen LogP contribution in [0.2, 0.25) is 0 Å². The first kappa shape index (κ1) is 6.75. The van der Waals surface area contributed by atoms with Crippen molar-refractivity contribution in [3.8, 4) is 0 Å². The smallest absolute Gasteiger partial charge is 0.147 e. The molecule has 0 atom stereocenters. The number of carbonyl (C=O) groups is 1. The van der Waals surface area contributed by atoms with E-state index in [4.69, 9.17) is 0 Å². The number of Topliss-reactive ketones (excluding diaryl/α,β-unsaturated/α-hetero) is 1. The summed E-state index contributed by atoms with van der Waals surface area (Å²) in [7, 11) is 0. The fraction of sp³-hybridized carbons (Fsp3) is 0.857. The van der Waals surface area contributed by atoms with E-state index < -0.39 is 0 Å². The highest BCUT2D eigenvalue weighted by Gasteiger charge is 2.25. The molecule has 0 aromatic carbocycles. The third-order valence-corrected chi connectivity index (χ3v) is 1.60. The number of rotatable bonds is 0. The van der Waals surface area contributed by atoms with E-state index in [-0.39, 0.29) is 5.41 Å². The summed E-state index contributed by atoms with van der Waals surface area (Å²) < 4.78 is 0. The quantitative estimate of drug-likeness (QED) is 0.515. The molecule has 1 saturated heterocycles. The molecule has 1 rings (SSSR count). The van der Waals surface area contributed by atoms with Crippen LogP contribution in [0, 0.1) is 5.41 Å². The van der Waals surface area contributed by atoms with Gasteiger partial charge in [-0.3, -0.25) is 4.79 Å². The topological polar surface area (TPSA) is 29.1 Å². The molecule has 0 spiro atoms. The minimum atomic E-state index is 0.190. The molecule has 0 aromatic rings. The van der Waals surface area contributed by atoms with Crippen molar-refractivity contribution in [3.63, 3.8) is 0 Å². The van der Waals surface area contributed by atoms with Crippen molar-refractivity contribution in [1.29, 1.82) is 0 Å². The molecule has 1 aliphatic rings. The Bertz CT molecular complexity index is 129. The molecule has 2 nitrogen and oxygen atoms in total. The largest absolute Gasteiger partial charge is 0.309 e. The van der Waals surface area contributed by atoms with Crippen LogP contribution >= 0.6 is 0 Å². The van der Waals surface area contributed by atoms with Gasteiger partial charge >= 0.3 is 0 Å². The minimum Gasteiger partial charge on any atom is -0.309 e. The Morgan fingerprint density at radius 1 is 1.56 bits per heavy atom. The third kappa shape index (κ3) is 1.79. The van der Waals surface area contributed by atoms with Gasteiger partial charge in [0, 0.05) is 13.0 Å². The summed E-state index contributed by atoms with van der Waals surface area (Å²) in [5.74, 6) is 0.339. The average Bonchev–Trinajstić information content (AvgIpc) is 1.60. The van der Waals surface area contributed by atoms with Crippen LogP contribution < -0.4 is 5.32 Å². The van der Waals surface area contributed by atoms with Crippen molar-refractivity contribution in [3.05, 3.63) is 0 Å². The summed E-state index contributed by atoms with van der Waals surface area (Å²) in [6.45, 7) is 5.76. The zero-order valence-electron chi connectivity index (χ0n) is 6.03. The predicted molar refractivity (Wildman–Crippen MR) is 36.3 cm³/mol. The van der Waals surface area contributed by atoms with E-state index in [1.54, 1.807) is 0 Å². The van der Waals surface area contributed by atoms with E-state index in [0.717, 1.165) is 13.0 Å².